The molecule has 2 aliphatic heterocycles. The van der Waals surface area contributed by atoms with Crippen molar-refractivity contribution in [3.05, 3.63) is 24.3 Å². The Morgan fingerprint density at radius 1 is 0.650 bits per heavy atom. The highest BCUT2D eigenvalue weighted by Crippen LogP contribution is 2.30. The van der Waals surface area contributed by atoms with Crippen molar-refractivity contribution in [2.75, 3.05) is 0 Å². The molecule has 0 spiro atoms. The average molecular weight is 274 g/mol. The molecule has 0 aromatic rings. The average Bonchev–Trinajstić information content (AvgIpc) is 2.93. The lowest BCUT2D eigenvalue weighted by atomic mass is 9.88. The molecule has 0 radical (unpaired) electrons. The van der Waals surface area contributed by atoms with Crippen LogP contribution in [-0.4, -0.2) is 45.5 Å². The van der Waals surface area contributed by atoms with Gasteiger partial charge in [-0.15, -0.1) is 0 Å². The molecule has 3 rings (SSSR count). The third-order valence-corrected chi connectivity index (χ3v) is 4.04. The molecule has 3 aliphatic rings. The van der Waals surface area contributed by atoms with Gasteiger partial charge in [0.25, 0.3) is 23.6 Å². The summed E-state index contributed by atoms with van der Waals surface area (Å²) in [5.41, 5.74) is 0. The molecule has 4 amide bonds. The van der Waals surface area contributed by atoms with E-state index in [-0.39, 0.29) is 23.6 Å². The highest BCUT2D eigenvalue weighted by molar-refractivity contribution is 6.14. The van der Waals surface area contributed by atoms with Crippen LogP contribution in [0.15, 0.2) is 24.3 Å². The summed E-state index contributed by atoms with van der Waals surface area (Å²) in [6.07, 6.45) is 7.95. The molecule has 1 fully saturated rings. The van der Waals surface area contributed by atoms with E-state index in [2.05, 4.69) is 0 Å². The summed E-state index contributed by atoms with van der Waals surface area (Å²) in [5, 5.41) is 0. The minimum Gasteiger partial charge on any atom is -0.270 e. The van der Waals surface area contributed by atoms with Gasteiger partial charge in [0.05, 0.1) is 12.1 Å². The van der Waals surface area contributed by atoms with Crippen LogP contribution in [0.3, 0.4) is 0 Å². The van der Waals surface area contributed by atoms with Gasteiger partial charge in [0.15, 0.2) is 0 Å². The summed E-state index contributed by atoms with van der Waals surface area (Å²) in [6.45, 7) is 0. The number of amides is 4. The Hall–Kier alpha value is -2.24. The molecular weight excluding hydrogens is 260 g/mol. The summed E-state index contributed by atoms with van der Waals surface area (Å²) in [6, 6.07) is -0.821. The first kappa shape index (κ1) is 12.8. The lowest BCUT2D eigenvalue weighted by Gasteiger charge is -2.40. The van der Waals surface area contributed by atoms with Crippen LogP contribution in [0.2, 0.25) is 0 Å². The van der Waals surface area contributed by atoms with Gasteiger partial charge >= 0.3 is 0 Å². The Kier molecular flexibility index (Phi) is 3.00. The van der Waals surface area contributed by atoms with E-state index in [0.29, 0.717) is 12.8 Å². The smallest absolute Gasteiger partial charge is 0.253 e. The lowest BCUT2D eigenvalue weighted by molar-refractivity contribution is -0.150. The summed E-state index contributed by atoms with van der Waals surface area (Å²) >= 11 is 0. The highest BCUT2D eigenvalue weighted by atomic mass is 16.2. The van der Waals surface area contributed by atoms with Gasteiger partial charge < -0.3 is 0 Å². The van der Waals surface area contributed by atoms with Crippen molar-refractivity contribution in [3.8, 4) is 0 Å². The van der Waals surface area contributed by atoms with E-state index in [4.69, 9.17) is 0 Å². The molecule has 0 bridgehead atoms. The van der Waals surface area contributed by atoms with Crippen molar-refractivity contribution in [1.29, 1.82) is 0 Å². The second kappa shape index (κ2) is 4.70. The fourth-order valence-corrected chi connectivity index (χ4v) is 3.17. The van der Waals surface area contributed by atoms with Gasteiger partial charge in [-0.25, -0.2) is 0 Å². The molecule has 2 atom stereocenters. The second-order valence-corrected chi connectivity index (χ2v) is 5.18. The largest absolute Gasteiger partial charge is 0.270 e. The van der Waals surface area contributed by atoms with Crippen molar-refractivity contribution >= 4 is 23.6 Å². The van der Waals surface area contributed by atoms with Crippen LogP contribution in [-0.2, 0) is 19.2 Å². The van der Waals surface area contributed by atoms with E-state index >= 15 is 0 Å². The molecule has 0 saturated heterocycles. The molecule has 0 N–H and O–H groups in total. The first-order valence-corrected chi connectivity index (χ1v) is 6.70. The third kappa shape index (κ3) is 1.88. The van der Waals surface area contributed by atoms with Gasteiger partial charge in [0.2, 0.25) is 0 Å². The maximum Gasteiger partial charge on any atom is 0.253 e. The SMILES string of the molecule is O=C1C=CC(=O)N1C1CCCCC1N1C(=O)C=CC1=O. The van der Waals surface area contributed by atoms with Crippen LogP contribution in [0.1, 0.15) is 25.7 Å². The van der Waals surface area contributed by atoms with Crippen molar-refractivity contribution in [2.24, 2.45) is 0 Å². The van der Waals surface area contributed by atoms with Gasteiger partial charge in [0, 0.05) is 24.3 Å². The topological polar surface area (TPSA) is 74.8 Å². The summed E-state index contributed by atoms with van der Waals surface area (Å²) < 4.78 is 0. The molecule has 1 aliphatic carbocycles. The minimum atomic E-state index is -0.411. The maximum absolute atomic E-state index is 11.8. The van der Waals surface area contributed by atoms with E-state index in [0.717, 1.165) is 12.8 Å². The zero-order valence-electron chi connectivity index (χ0n) is 10.8. The summed E-state index contributed by atoms with van der Waals surface area (Å²) in [4.78, 5) is 49.7. The summed E-state index contributed by atoms with van der Waals surface area (Å²) in [7, 11) is 0. The molecule has 1 saturated carbocycles. The van der Waals surface area contributed by atoms with Crippen LogP contribution in [0.25, 0.3) is 0 Å². The van der Waals surface area contributed by atoms with Crippen LogP contribution in [0.5, 0.6) is 0 Å². The van der Waals surface area contributed by atoms with E-state index in [1.807, 2.05) is 0 Å². The zero-order chi connectivity index (χ0) is 14.3. The van der Waals surface area contributed by atoms with Gasteiger partial charge in [-0.05, 0) is 12.8 Å². The third-order valence-electron chi connectivity index (χ3n) is 4.04. The van der Waals surface area contributed by atoms with Crippen molar-refractivity contribution in [3.63, 3.8) is 0 Å². The molecule has 104 valence electrons. The van der Waals surface area contributed by atoms with E-state index in [9.17, 15) is 19.2 Å². The van der Waals surface area contributed by atoms with E-state index in [1.165, 1.54) is 34.1 Å². The minimum absolute atomic E-state index is 0.362. The standard InChI is InChI=1S/C14H14N2O4/c17-11-5-6-12(18)15(11)9-3-1-2-4-10(9)16-13(19)7-8-14(16)20/h5-10H,1-4H2. The number of hydrogen-bond donors (Lipinski definition) is 0. The molecule has 0 aromatic carbocycles. The van der Waals surface area contributed by atoms with Gasteiger partial charge in [-0.2, -0.15) is 0 Å². The van der Waals surface area contributed by atoms with Crippen molar-refractivity contribution in [1.82, 2.24) is 9.80 Å². The lowest BCUT2D eigenvalue weighted by Crippen LogP contribution is -2.56. The molecule has 20 heavy (non-hydrogen) atoms. The molecule has 6 heteroatoms. The van der Waals surface area contributed by atoms with Crippen molar-refractivity contribution < 1.29 is 19.2 Å². The van der Waals surface area contributed by atoms with Gasteiger partial charge in [0.1, 0.15) is 0 Å². The highest BCUT2D eigenvalue weighted by Gasteiger charge is 2.43. The second-order valence-electron chi connectivity index (χ2n) is 5.18. The fourth-order valence-electron chi connectivity index (χ4n) is 3.17. The van der Waals surface area contributed by atoms with Crippen LogP contribution >= 0.6 is 0 Å². The molecule has 2 unspecified atom stereocenters. The predicted molar refractivity (Wildman–Crippen MR) is 68.0 cm³/mol. The van der Waals surface area contributed by atoms with Gasteiger partial charge in [-0.1, -0.05) is 12.8 Å². The molecule has 2 heterocycles. The Morgan fingerprint density at radius 2 is 0.950 bits per heavy atom. The number of imide groups is 2. The van der Waals surface area contributed by atoms with E-state index in [1.54, 1.807) is 0 Å². The Morgan fingerprint density at radius 3 is 1.25 bits per heavy atom. The Labute approximate surface area is 115 Å². The Bertz CT molecular complexity index is 478. The molecule has 0 aromatic heterocycles. The number of nitrogens with zero attached hydrogens (tertiary/aromatic N) is 2. The number of rotatable bonds is 2. The van der Waals surface area contributed by atoms with Gasteiger partial charge in [-0.3, -0.25) is 29.0 Å². The first-order chi connectivity index (χ1) is 9.59. The quantitative estimate of drug-likeness (QED) is 0.672. The van der Waals surface area contributed by atoms with E-state index < -0.39 is 12.1 Å². The molecular formula is C14H14N2O4. The number of carbonyl (C=O) groups is 4. The van der Waals surface area contributed by atoms with Crippen molar-refractivity contribution in [2.45, 2.75) is 37.8 Å². The number of hydrogen-bond acceptors (Lipinski definition) is 4. The normalized spacial score (nSPS) is 30.0. The number of carbonyl (C=O) groups excluding carboxylic acids is 4. The maximum atomic E-state index is 11.8. The zero-order valence-corrected chi connectivity index (χ0v) is 10.8. The predicted octanol–water partition coefficient (Wildman–Crippen LogP) is 0.148. The van der Waals surface area contributed by atoms with Crippen LogP contribution in [0, 0.1) is 0 Å². The fraction of sp³-hybridized carbons (Fsp3) is 0.429. The molecule has 6 nitrogen and oxygen atoms in total. The van der Waals surface area contributed by atoms with Crippen LogP contribution < -0.4 is 0 Å². The monoisotopic (exact) mass is 274 g/mol. The summed E-state index contributed by atoms with van der Waals surface area (Å²) in [5.74, 6) is -1.45. The first-order valence-electron chi connectivity index (χ1n) is 6.70. The Balaban J connectivity index is 1.88. The van der Waals surface area contributed by atoms with Crippen LogP contribution in [0.4, 0.5) is 0 Å².